The summed E-state index contributed by atoms with van der Waals surface area (Å²) < 4.78 is 46.8. The number of hydrogen-bond donors (Lipinski definition) is 1. The molecule has 0 spiro atoms. The maximum atomic E-state index is 13.9. The molecule has 6 nitrogen and oxygen atoms in total. The molecule has 0 atom stereocenters. The number of nitrogens with zero attached hydrogens (tertiary/aromatic N) is 1. The van der Waals surface area contributed by atoms with Gasteiger partial charge in [0.15, 0.2) is 0 Å². The minimum Gasteiger partial charge on any atom is -0.383 e. The fourth-order valence-electron chi connectivity index (χ4n) is 3.36. The van der Waals surface area contributed by atoms with Crippen LogP contribution in [0.3, 0.4) is 0 Å². The summed E-state index contributed by atoms with van der Waals surface area (Å²) in [5.74, 6) is -0.972. The summed E-state index contributed by atoms with van der Waals surface area (Å²) in [5, 5.41) is 0. The highest BCUT2D eigenvalue weighted by atomic mass is 32.2. The molecule has 3 rings (SSSR count). The second-order valence-corrected chi connectivity index (χ2v) is 9.17. The first-order valence-electron chi connectivity index (χ1n) is 10.6. The van der Waals surface area contributed by atoms with Crippen molar-refractivity contribution >= 4 is 21.6 Å². The Morgan fingerprint density at radius 3 is 2.42 bits per heavy atom. The molecule has 174 valence electrons. The first kappa shape index (κ1) is 24.4. The molecule has 0 saturated carbocycles. The van der Waals surface area contributed by atoms with E-state index < -0.39 is 15.8 Å². The van der Waals surface area contributed by atoms with Gasteiger partial charge in [0.05, 0.1) is 17.2 Å². The number of carbonyl (C=O) groups is 1. The van der Waals surface area contributed by atoms with Crippen LogP contribution in [0.1, 0.15) is 22.3 Å². The third kappa shape index (κ3) is 6.87. The zero-order valence-electron chi connectivity index (χ0n) is 18.4. The van der Waals surface area contributed by atoms with Crippen LogP contribution in [0, 0.1) is 5.82 Å². The molecule has 3 aromatic rings. The van der Waals surface area contributed by atoms with E-state index >= 15 is 0 Å². The van der Waals surface area contributed by atoms with Crippen molar-refractivity contribution < 1.29 is 22.3 Å². The van der Waals surface area contributed by atoms with E-state index in [1.807, 2.05) is 30.3 Å². The molecule has 0 aliphatic rings. The molecule has 1 amide bonds. The number of benzene rings is 3. The topological polar surface area (TPSA) is 75.7 Å². The molecule has 0 heterocycles. The molecule has 1 N–H and O–H groups in total. The van der Waals surface area contributed by atoms with Crippen molar-refractivity contribution in [3.05, 3.63) is 95.8 Å². The van der Waals surface area contributed by atoms with Crippen LogP contribution in [0.25, 0.3) is 0 Å². The number of halogens is 1. The van der Waals surface area contributed by atoms with Gasteiger partial charge in [0, 0.05) is 25.8 Å². The Kier molecular flexibility index (Phi) is 8.57. The highest BCUT2D eigenvalue weighted by molar-refractivity contribution is 7.92. The van der Waals surface area contributed by atoms with Gasteiger partial charge in [-0.1, -0.05) is 48.5 Å². The number of rotatable bonds is 11. The smallest absolute Gasteiger partial charge is 0.262 e. The highest BCUT2D eigenvalue weighted by Crippen LogP contribution is 2.20. The van der Waals surface area contributed by atoms with Crippen LogP contribution in [0.5, 0.6) is 0 Å². The number of para-hydroxylation sites is 1. The largest absolute Gasteiger partial charge is 0.383 e. The summed E-state index contributed by atoms with van der Waals surface area (Å²) >= 11 is 0. The molecule has 3 aromatic carbocycles. The van der Waals surface area contributed by atoms with E-state index in [1.54, 1.807) is 18.1 Å². The minimum atomic E-state index is -4.07. The van der Waals surface area contributed by atoms with E-state index in [0.29, 0.717) is 19.7 Å². The SMILES string of the molecule is COCCN(CCCc1ccccc1)C(=O)c1cccc(S(=O)(=O)Nc2ccccc2F)c1. The third-order valence-electron chi connectivity index (χ3n) is 5.10. The standard InChI is InChI=1S/C25H27FN2O4S/c1-32-18-17-28(16-8-11-20-9-3-2-4-10-20)25(29)21-12-7-13-22(19-21)33(30,31)27-24-15-6-5-14-23(24)26/h2-7,9-10,12-15,19,27H,8,11,16-18H2,1H3. The number of ether oxygens (including phenoxy) is 1. The van der Waals surface area contributed by atoms with E-state index in [2.05, 4.69) is 4.72 Å². The zero-order valence-corrected chi connectivity index (χ0v) is 19.2. The zero-order chi connectivity index (χ0) is 23.7. The van der Waals surface area contributed by atoms with Gasteiger partial charge >= 0.3 is 0 Å². The average Bonchev–Trinajstić information content (AvgIpc) is 2.83. The highest BCUT2D eigenvalue weighted by Gasteiger charge is 2.20. The van der Waals surface area contributed by atoms with Crippen LogP contribution in [0.4, 0.5) is 10.1 Å². The van der Waals surface area contributed by atoms with Crippen molar-refractivity contribution in [1.29, 1.82) is 0 Å². The van der Waals surface area contributed by atoms with Crippen molar-refractivity contribution in [2.24, 2.45) is 0 Å². The van der Waals surface area contributed by atoms with Crippen molar-refractivity contribution in [3.8, 4) is 0 Å². The van der Waals surface area contributed by atoms with Crippen LogP contribution in [0.2, 0.25) is 0 Å². The van der Waals surface area contributed by atoms with Gasteiger partial charge in [-0.25, -0.2) is 12.8 Å². The lowest BCUT2D eigenvalue weighted by Crippen LogP contribution is -2.35. The summed E-state index contributed by atoms with van der Waals surface area (Å²) in [4.78, 5) is 14.7. The van der Waals surface area contributed by atoms with Gasteiger partial charge in [-0.2, -0.15) is 0 Å². The molecule has 0 fully saturated rings. The molecule has 0 aliphatic carbocycles. The van der Waals surface area contributed by atoms with Gasteiger partial charge in [-0.3, -0.25) is 9.52 Å². The molecule has 0 aromatic heterocycles. The monoisotopic (exact) mass is 470 g/mol. The summed E-state index contributed by atoms with van der Waals surface area (Å²) in [6.45, 7) is 1.25. The van der Waals surface area contributed by atoms with Crippen molar-refractivity contribution in [1.82, 2.24) is 4.90 Å². The lowest BCUT2D eigenvalue weighted by molar-refractivity contribution is 0.0693. The Labute approximate surface area is 194 Å². The quantitative estimate of drug-likeness (QED) is 0.452. The number of nitrogens with one attached hydrogen (secondary N) is 1. The third-order valence-corrected chi connectivity index (χ3v) is 6.46. The lowest BCUT2D eigenvalue weighted by atomic mass is 10.1. The number of carbonyl (C=O) groups excluding carboxylic acids is 1. The van der Waals surface area contributed by atoms with Gasteiger partial charge < -0.3 is 9.64 Å². The first-order valence-corrected chi connectivity index (χ1v) is 12.1. The summed E-state index contributed by atoms with van der Waals surface area (Å²) in [6, 6.07) is 21.2. The Balaban J connectivity index is 1.74. The molecule has 33 heavy (non-hydrogen) atoms. The number of methoxy groups -OCH3 is 1. The van der Waals surface area contributed by atoms with E-state index in [4.69, 9.17) is 4.74 Å². The predicted octanol–water partition coefficient (Wildman–Crippen LogP) is 4.35. The fraction of sp³-hybridized carbons (Fsp3) is 0.240. The van der Waals surface area contributed by atoms with E-state index in [-0.39, 0.29) is 22.1 Å². The second kappa shape index (κ2) is 11.6. The Bertz CT molecular complexity index is 1170. The Hall–Kier alpha value is -3.23. The first-order chi connectivity index (χ1) is 15.9. The van der Waals surface area contributed by atoms with Crippen molar-refractivity contribution in [2.75, 3.05) is 31.5 Å². The molecule has 0 aliphatic heterocycles. The van der Waals surface area contributed by atoms with Gasteiger partial charge in [0.2, 0.25) is 0 Å². The minimum absolute atomic E-state index is 0.118. The van der Waals surface area contributed by atoms with Crippen LogP contribution in [0.15, 0.2) is 83.8 Å². The molecule has 0 radical (unpaired) electrons. The van der Waals surface area contributed by atoms with E-state index in [9.17, 15) is 17.6 Å². The van der Waals surface area contributed by atoms with Gasteiger partial charge in [-0.05, 0) is 48.7 Å². The van der Waals surface area contributed by atoms with E-state index in [0.717, 1.165) is 12.8 Å². The van der Waals surface area contributed by atoms with Crippen LogP contribution in [-0.2, 0) is 21.2 Å². The van der Waals surface area contributed by atoms with Crippen LogP contribution >= 0.6 is 0 Å². The summed E-state index contributed by atoms with van der Waals surface area (Å²) in [5.41, 5.74) is 1.27. The normalized spacial score (nSPS) is 11.2. The predicted molar refractivity (Wildman–Crippen MR) is 126 cm³/mol. The van der Waals surface area contributed by atoms with Gasteiger partial charge in [0.25, 0.3) is 15.9 Å². The fourth-order valence-corrected chi connectivity index (χ4v) is 4.47. The molecule has 0 bridgehead atoms. The average molecular weight is 471 g/mol. The Morgan fingerprint density at radius 2 is 1.70 bits per heavy atom. The number of aryl methyl sites for hydroxylation is 1. The maximum Gasteiger partial charge on any atom is 0.262 e. The second-order valence-electron chi connectivity index (χ2n) is 7.49. The van der Waals surface area contributed by atoms with E-state index in [1.165, 1.54) is 48.0 Å². The molecule has 0 unspecified atom stereocenters. The maximum absolute atomic E-state index is 13.9. The van der Waals surface area contributed by atoms with Crippen LogP contribution in [-0.4, -0.2) is 46.0 Å². The molecular weight excluding hydrogens is 443 g/mol. The van der Waals surface area contributed by atoms with Gasteiger partial charge in [-0.15, -0.1) is 0 Å². The molecule has 0 saturated heterocycles. The molecule has 8 heteroatoms. The summed E-state index contributed by atoms with van der Waals surface area (Å²) in [6.07, 6.45) is 1.57. The Morgan fingerprint density at radius 1 is 0.970 bits per heavy atom. The number of amides is 1. The van der Waals surface area contributed by atoms with Gasteiger partial charge in [0.1, 0.15) is 5.82 Å². The number of hydrogen-bond acceptors (Lipinski definition) is 4. The lowest BCUT2D eigenvalue weighted by Gasteiger charge is -2.23. The summed E-state index contributed by atoms with van der Waals surface area (Å²) in [7, 11) is -2.51. The van der Waals surface area contributed by atoms with Crippen LogP contribution < -0.4 is 4.72 Å². The number of anilines is 1. The number of sulfonamides is 1. The van der Waals surface area contributed by atoms with Crippen molar-refractivity contribution in [2.45, 2.75) is 17.7 Å². The van der Waals surface area contributed by atoms with Crippen molar-refractivity contribution in [3.63, 3.8) is 0 Å². The molecular formula is C25H27FN2O4S.